The quantitative estimate of drug-likeness (QED) is 0.649. The number of methoxy groups -OCH3 is 1. The van der Waals surface area contributed by atoms with Gasteiger partial charge < -0.3 is 15.0 Å². The summed E-state index contributed by atoms with van der Waals surface area (Å²) < 4.78 is 4.77. The normalized spacial score (nSPS) is 19.9. The van der Waals surface area contributed by atoms with Crippen LogP contribution in [-0.4, -0.2) is 65.5 Å². The van der Waals surface area contributed by atoms with Gasteiger partial charge in [-0.3, -0.25) is 9.59 Å². The number of carbonyl (C=O) groups is 3. The number of hydrogen-bond acceptors (Lipinski definition) is 6. The molecule has 6 nitrogen and oxygen atoms in total. The van der Waals surface area contributed by atoms with E-state index in [9.17, 15) is 14.4 Å². The van der Waals surface area contributed by atoms with Crippen LogP contribution in [0.3, 0.4) is 0 Å². The molecule has 1 rings (SSSR count). The first-order valence-corrected chi connectivity index (χ1v) is 10.6. The van der Waals surface area contributed by atoms with Crippen molar-refractivity contribution in [3.63, 3.8) is 0 Å². The minimum Gasteiger partial charge on any atom is -0.467 e. The Morgan fingerprint density at radius 3 is 2.54 bits per heavy atom. The molecule has 0 unspecified atom stereocenters. The molecular weight excluding hydrogens is 348 g/mol. The summed E-state index contributed by atoms with van der Waals surface area (Å²) in [5.41, 5.74) is 0. The minimum absolute atomic E-state index is 0.00566. The Hall–Kier alpha value is -0.890. The molecule has 0 aromatic rings. The fraction of sp³-hybridized carbons (Fsp3) is 0.812. The van der Waals surface area contributed by atoms with Gasteiger partial charge in [0, 0.05) is 11.7 Å². The van der Waals surface area contributed by atoms with Gasteiger partial charge in [0.1, 0.15) is 12.1 Å². The van der Waals surface area contributed by atoms with Crippen molar-refractivity contribution in [1.82, 2.24) is 10.2 Å². The maximum Gasteiger partial charge on any atom is 0.328 e. The van der Waals surface area contributed by atoms with E-state index in [1.54, 1.807) is 28.4 Å². The van der Waals surface area contributed by atoms with Crippen molar-refractivity contribution in [2.75, 3.05) is 30.7 Å². The molecule has 0 radical (unpaired) electrons. The molecule has 1 heterocycles. The van der Waals surface area contributed by atoms with Crippen molar-refractivity contribution in [2.45, 2.75) is 39.3 Å². The summed E-state index contributed by atoms with van der Waals surface area (Å²) in [6, 6.07) is -1.19. The number of ether oxygens (including phenoxy) is 1. The highest BCUT2D eigenvalue weighted by Crippen LogP contribution is 2.25. The SMILES string of the molecule is COC(=O)[C@H](CCSC)NC(=O)[C@@H]1CSCN1C(=O)[C@@H](C)C(C)C. The molecule has 0 spiro atoms. The lowest BCUT2D eigenvalue weighted by Gasteiger charge is -2.28. The third-order valence-electron chi connectivity index (χ3n) is 4.27. The van der Waals surface area contributed by atoms with Crippen LogP contribution in [0.25, 0.3) is 0 Å². The van der Waals surface area contributed by atoms with E-state index >= 15 is 0 Å². The number of thioether (sulfide) groups is 2. The van der Waals surface area contributed by atoms with E-state index in [2.05, 4.69) is 5.32 Å². The van der Waals surface area contributed by atoms with Crippen LogP contribution in [0.4, 0.5) is 0 Å². The zero-order valence-corrected chi connectivity index (χ0v) is 16.7. The van der Waals surface area contributed by atoms with Crippen LogP contribution in [0, 0.1) is 11.8 Å². The Bertz CT molecular complexity index is 459. The summed E-state index contributed by atoms with van der Waals surface area (Å²) in [4.78, 5) is 38.7. The van der Waals surface area contributed by atoms with Crippen LogP contribution in [-0.2, 0) is 19.1 Å². The van der Waals surface area contributed by atoms with Gasteiger partial charge in [-0.1, -0.05) is 20.8 Å². The van der Waals surface area contributed by atoms with Gasteiger partial charge in [0.05, 0.1) is 13.0 Å². The van der Waals surface area contributed by atoms with E-state index in [-0.39, 0.29) is 23.7 Å². The molecule has 1 aliphatic heterocycles. The average molecular weight is 377 g/mol. The number of hydrogen-bond donors (Lipinski definition) is 1. The number of nitrogens with one attached hydrogen (secondary N) is 1. The molecule has 1 saturated heterocycles. The Morgan fingerprint density at radius 2 is 2.00 bits per heavy atom. The maximum absolute atomic E-state index is 12.6. The Balaban J connectivity index is 2.76. The highest BCUT2D eigenvalue weighted by molar-refractivity contribution is 7.99. The molecule has 3 atom stereocenters. The molecule has 1 N–H and O–H groups in total. The summed E-state index contributed by atoms with van der Waals surface area (Å²) in [7, 11) is 1.31. The Labute approximate surface area is 152 Å². The van der Waals surface area contributed by atoms with E-state index < -0.39 is 18.1 Å². The number of nitrogens with zero attached hydrogens (tertiary/aromatic N) is 1. The van der Waals surface area contributed by atoms with Crippen molar-refractivity contribution in [3.8, 4) is 0 Å². The van der Waals surface area contributed by atoms with Gasteiger partial charge >= 0.3 is 5.97 Å². The lowest BCUT2D eigenvalue weighted by molar-refractivity contribution is -0.146. The van der Waals surface area contributed by atoms with Crippen LogP contribution in [0.2, 0.25) is 0 Å². The number of amides is 2. The van der Waals surface area contributed by atoms with Gasteiger partial charge in [-0.15, -0.1) is 11.8 Å². The van der Waals surface area contributed by atoms with Crippen molar-refractivity contribution >= 4 is 41.3 Å². The van der Waals surface area contributed by atoms with Crippen LogP contribution in [0.1, 0.15) is 27.2 Å². The molecule has 0 aromatic heterocycles. The van der Waals surface area contributed by atoms with Gasteiger partial charge in [-0.25, -0.2) is 4.79 Å². The molecule has 0 aromatic carbocycles. The maximum atomic E-state index is 12.6. The third kappa shape index (κ3) is 5.58. The first-order valence-electron chi connectivity index (χ1n) is 8.08. The highest BCUT2D eigenvalue weighted by atomic mass is 32.2. The largest absolute Gasteiger partial charge is 0.467 e. The van der Waals surface area contributed by atoms with Gasteiger partial charge in [0.2, 0.25) is 11.8 Å². The molecule has 0 bridgehead atoms. The van der Waals surface area contributed by atoms with E-state index in [1.807, 2.05) is 27.0 Å². The van der Waals surface area contributed by atoms with Crippen molar-refractivity contribution in [1.29, 1.82) is 0 Å². The summed E-state index contributed by atoms with van der Waals surface area (Å²) in [6.07, 6.45) is 2.45. The fourth-order valence-corrected chi connectivity index (χ4v) is 3.95. The first-order chi connectivity index (χ1) is 11.3. The van der Waals surface area contributed by atoms with Gasteiger partial charge in [0.15, 0.2) is 0 Å². The predicted molar refractivity (Wildman–Crippen MR) is 98.9 cm³/mol. The van der Waals surface area contributed by atoms with Gasteiger partial charge in [-0.05, 0) is 24.3 Å². The van der Waals surface area contributed by atoms with Gasteiger partial charge in [0.25, 0.3) is 0 Å². The average Bonchev–Trinajstić information content (AvgIpc) is 3.05. The summed E-state index contributed by atoms with van der Waals surface area (Å²) in [6.45, 7) is 5.88. The molecule has 0 saturated carbocycles. The van der Waals surface area contributed by atoms with Crippen LogP contribution >= 0.6 is 23.5 Å². The van der Waals surface area contributed by atoms with Crippen LogP contribution < -0.4 is 5.32 Å². The zero-order valence-electron chi connectivity index (χ0n) is 15.0. The molecule has 1 fully saturated rings. The topological polar surface area (TPSA) is 75.7 Å². The lowest BCUT2D eigenvalue weighted by atomic mass is 9.96. The fourth-order valence-electron chi connectivity index (χ4n) is 2.32. The summed E-state index contributed by atoms with van der Waals surface area (Å²) in [5.74, 6) is 1.17. The molecule has 1 aliphatic rings. The molecule has 138 valence electrons. The second-order valence-corrected chi connectivity index (χ2v) is 8.21. The number of carbonyl (C=O) groups excluding carboxylic acids is 3. The summed E-state index contributed by atoms with van der Waals surface area (Å²) >= 11 is 3.16. The first kappa shape index (κ1) is 21.2. The molecule has 0 aliphatic carbocycles. The van der Waals surface area contributed by atoms with Crippen molar-refractivity contribution < 1.29 is 19.1 Å². The monoisotopic (exact) mass is 376 g/mol. The predicted octanol–water partition coefficient (Wildman–Crippen LogP) is 1.59. The number of rotatable bonds is 8. The molecule has 24 heavy (non-hydrogen) atoms. The number of esters is 1. The second kappa shape index (κ2) is 10.2. The molecular formula is C16H28N2O4S2. The highest BCUT2D eigenvalue weighted by Gasteiger charge is 2.38. The van der Waals surface area contributed by atoms with E-state index in [4.69, 9.17) is 4.74 Å². The second-order valence-electron chi connectivity index (χ2n) is 6.22. The third-order valence-corrected chi connectivity index (χ3v) is 5.93. The van der Waals surface area contributed by atoms with E-state index in [0.29, 0.717) is 18.1 Å². The zero-order chi connectivity index (χ0) is 18.3. The van der Waals surface area contributed by atoms with Crippen molar-refractivity contribution in [2.24, 2.45) is 11.8 Å². The molecule has 8 heteroatoms. The summed E-state index contributed by atoms with van der Waals surface area (Å²) in [5, 5.41) is 2.76. The van der Waals surface area contributed by atoms with E-state index in [1.165, 1.54) is 7.11 Å². The van der Waals surface area contributed by atoms with E-state index in [0.717, 1.165) is 5.75 Å². The lowest BCUT2D eigenvalue weighted by Crippen LogP contribution is -2.53. The van der Waals surface area contributed by atoms with Crippen LogP contribution in [0.15, 0.2) is 0 Å². The van der Waals surface area contributed by atoms with Crippen LogP contribution in [0.5, 0.6) is 0 Å². The Kier molecular flexibility index (Phi) is 8.97. The minimum atomic E-state index is -0.667. The molecule has 2 amide bonds. The van der Waals surface area contributed by atoms with Crippen molar-refractivity contribution in [3.05, 3.63) is 0 Å². The Morgan fingerprint density at radius 1 is 1.33 bits per heavy atom. The standard InChI is InChI=1S/C16H28N2O4S2/c1-10(2)11(3)15(20)18-9-24-8-13(18)14(19)17-12(6-7-23-5)16(21)22-4/h10-13H,6-9H2,1-5H3,(H,17,19)/t11-,12-,13-/m0/s1. The smallest absolute Gasteiger partial charge is 0.328 e. The van der Waals surface area contributed by atoms with Gasteiger partial charge in [-0.2, -0.15) is 11.8 Å².